The van der Waals surface area contributed by atoms with Gasteiger partial charge in [0.1, 0.15) is 12.4 Å². The number of hydrogen-bond acceptors (Lipinski definition) is 2. The summed E-state index contributed by atoms with van der Waals surface area (Å²) < 4.78 is 25.0. The van der Waals surface area contributed by atoms with Gasteiger partial charge in [-0.25, -0.2) is 4.57 Å². The lowest BCUT2D eigenvalue weighted by Gasteiger charge is -1.92. The zero-order valence-electron chi connectivity index (χ0n) is 6.77. The first-order valence-corrected chi connectivity index (χ1v) is 5.02. The predicted octanol–water partition coefficient (Wildman–Crippen LogP) is -0.571. The maximum absolute atomic E-state index is 11.0. The third-order valence-electron chi connectivity index (χ3n) is 1.61. The Morgan fingerprint density at radius 2 is 2.09 bits per heavy atom. The molecular weight excluding hydrogens is 164 g/mol. The normalized spacial score (nSPS) is 11.9. The minimum atomic E-state index is -3.12. The molecule has 1 rings (SSSR count). The summed E-state index contributed by atoms with van der Waals surface area (Å²) >= 11 is 0. The van der Waals surface area contributed by atoms with Crippen LogP contribution in [0.3, 0.4) is 0 Å². The molecular formula is C6H11N2O2S+. The van der Waals surface area contributed by atoms with Crippen LogP contribution in [0.5, 0.6) is 0 Å². The van der Waals surface area contributed by atoms with E-state index in [1.165, 1.54) is 16.4 Å². The van der Waals surface area contributed by atoms with E-state index in [0.717, 1.165) is 0 Å². The molecule has 0 unspecified atom stereocenters. The van der Waals surface area contributed by atoms with Crippen LogP contribution in [-0.2, 0) is 17.1 Å². The number of hydrogen-bond donors (Lipinski definition) is 0. The van der Waals surface area contributed by atoms with Gasteiger partial charge in [-0.15, -0.1) is 3.97 Å². The summed E-state index contributed by atoms with van der Waals surface area (Å²) in [4.78, 5) is 0. The van der Waals surface area contributed by atoms with Gasteiger partial charge in [0.2, 0.25) is 0 Å². The number of aryl methyl sites for hydroxylation is 1. The molecule has 0 radical (unpaired) electrons. The average Bonchev–Trinajstić information content (AvgIpc) is 2.11. The van der Waals surface area contributed by atoms with E-state index in [2.05, 4.69) is 0 Å². The molecule has 0 saturated carbocycles. The largest absolute Gasteiger partial charge is 0.302 e. The van der Waals surface area contributed by atoms with Gasteiger partial charge in [-0.2, -0.15) is 8.42 Å². The van der Waals surface area contributed by atoms with Crippen molar-refractivity contribution in [3.05, 3.63) is 18.2 Å². The van der Waals surface area contributed by atoms with Crippen LogP contribution in [0.4, 0.5) is 0 Å². The Morgan fingerprint density at radius 3 is 2.27 bits per heavy atom. The highest BCUT2D eigenvalue weighted by Crippen LogP contribution is 1.96. The van der Waals surface area contributed by atoms with Crippen LogP contribution in [-0.4, -0.2) is 18.6 Å². The van der Waals surface area contributed by atoms with E-state index < -0.39 is 10.0 Å². The molecule has 1 heterocycles. The fourth-order valence-electron chi connectivity index (χ4n) is 0.882. The second-order valence-electron chi connectivity index (χ2n) is 2.52. The molecule has 0 aliphatic heterocycles. The van der Waals surface area contributed by atoms with Gasteiger partial charge in [-0.05, 0) is 0 Å². The third-order valence-corrected chi connectivity index (χ3v) is 2.71. The minimum absolute atomic E-state index is 0.701. The van der Waals surface area contributed by atoms with Crippen molar-refractivity contribution in [1.82, 2.24) is 3.97 Å². The summed E-state index contributed by atoms with van der Waals surface area (Å²) in [6.07, 6.45) is 4.42. The molecule has 0 aliphatic carbocycles. The molecule has 0 atom stereocenters. The standard InChI is InChI=1S/C6H11N2O2S/c1-6-7(2)4-5-8(6)11(3,9)10/h4-5H,1-3H3/q+1. The van der Waals surface area contributed by atoms with Gasteiger partial charge < -0.3 is 0 Å². The van der Waals surface area contributed by atoms with E-state index in [1.807, 2.05) is 0 Å². The quantitative estimate of drug-likeness (QED) is 0.536. The number of imidazole rings is 1. The Kier molecular flexibility index (Phi) is 1.75. The molecule has 0 N–H and O–H groups in total. The monoisotopic (exact) mass is 175 g/mol. The smallest absolute Gasteiger partial charge is 0.236 e. The highest BCUT2D eigenvalue weighted by Gasteiger charge is 2.17. The third kappa shape index (κ3) is 1.42. The maximum atomic E-state index is 11.0. The minimum Gasteiger partial charge on any atom is -0.236 e. The second-order valence-corrected chi connectivity index (χ2v) is 4.37. The highest BCUT2D eigenvalue weighted by atomic mass is 32.2. The lowest BCUT2D eigenvalue weighted by molar-refractivity contribution is -0.676. The van der Waals surface area contributed by atoms with E-state index in [0.29, 0.717) is 5.82 Å². The zero-order chi connectivity index (χ0) is 8.65. The molecule has 0 fully saturated rings. The molecule has 4 nitrogen and oxygen atoms in total. The summed E-state index contributed by atoms with van der Waals surface area (Å²) in [5.41, 5.74) is 0. The molecule has 62 valence electrons. The highest BCUT2D eigenvalue weighted by molar-refractivity contribution is 7.89. The summed E-state index contributed by atoms with van der Waals surface area (Å²) in [5.74, 6) is 0.701. The Morgan fingerprint density at radius 1 is 1.55 bits per heavy atom. The topological polar surface area (TPSA) is 43.0 Å². The van der Waals surface area contributed by atoms with Gasteiger partial charge in [0.25, 0.3) is 5.82 Å². The first kappa shape index (κ1) is 8.26. The van der Waals surface area contributed by atoms with E-state index in [4.69, 9.17) is 0 Å². The van der Waals surface area contributed by atoms with E-state index >= 15 is 0 Å². The molecule has 0 saturated heterocycles. The fourth-order valence-corrected chi connectivity index (χ4v) is 1.77. The van der Waals surface area contributed by atoms with Crippen LogP contribution in [0.25, 0.3) is 0 Å². The van der Waals surface area contributed by atoms with Gasteiger partial charge in [-0.1, -0.05) is 0 Å². The van der Waals surface area contributed by atoms with Crippen molar-refractivity contribution in [3.63, 3.8) is 0 Å². The van der Waals surface area contributed by atoms with Crippen molar-refractivity contribution < 1.29 is 13.0 Å². The summed E-state index contributed by atoms with van der Waals surface area (Å²) in [6, 6.07) is 0. The van der Waals surface area contributed by atoms with Crippen LogP contribution in [0.2, 0.25) is 0 Å². The predicted molar refractivity (Wildman–Crippen MR) is 40.6 cm³/mol. The van der Waals surface area contributed by atoms with Gasteiger partial charge in [-0.3, -0.25) is 0 Å². The molecule has 11 heavy (non-hydrogen) atoms. The molecule has 0 bridgehead atoms. The number of rotatable bonds is 1. The lowest BCUT2D eigenvalue weighted by atomic mass is 10.7. The molecule has 5 heteroatoms. The summed E-state index contributed by atoms with van der Waals surface area (Å²) in [7, 11) is -1.31. The summed E-state index contributed by atoms with van der Waals surface area (Å²) in [5, 5.41) is 0. The van der Waals surface area contributed by atoms with Crippen LogP contribution in [0.1, 0.15) is 5.82 Å². The van der Waals surface area contributed by atoms with Crippen LogP contribution < -0.4 is 4.57 Å². The van der Waals surface area contributed by atoms with Gasteiger partial charge >= 0.3 is 10.0 Å². The van der Waals surface area contributed by atoms with Crippen LogP contribution in [0, 0.1) is 6.92 Å². The van der Waals surface area contributed by atoms with Crippen molar-refractivity contribution in [2.45, 2.75) is 6.92 Å². The van der Waals surface area contributed by atoms with Crippen molar-refractivity contribution in [2.75, 3.05) is 6.26 Å². The first-order valence-electron chi connectivity index (χ1n) is 3.17. The molecule has 0 aromatic carbocycles. The van der Waals surface area contributed by atoms with Crippen molar-refractivity contribution in [2.24, 2.45) is 7.05 Å². The molecule has 0 aliphatic rings. The van der Waals surface area contributed by atoms with Crippen LogP contribution in [0.15, 0.2) is 12.4 Å². The van der Waals surface area contributed by atoms with Crippen molar-refractivity contribution in [1.29, 1.82) is 0 Å². The van der Waals surface area contributed by atoms with E-state index in [1.54, 1.807) is 24.7 Å². The first-order chi connectivity index (χ1) is 4.93. The van der Waals surface area contributed by atoms with E-state index in [9.17, 15) is 8.42 Å². The fraction of sp³-hybridized carbons (Fsp3) is 0.500. The Balaban J connectivity index is 3.38. The van der Waals surface area contributed by atoms with Crippen molar-refractivity contribution >= 4 is 10.0 Å². The van der Waals surface area contributed by atoms with Crippen LogP contribution >= 0.6 is 0 Å². The Hall–Kier alpha value is -0.840. The maximum Gasteiger partial charge on any atom is 0.302 e. The van der Waals surface area contributed by atoms with Gasteiger partial charge in [0.05, 0.1) is 13.3 Å². The number of aromatic nitrogens is 2. The average molecular weight is 175 g/mol. The molecule has 1 aromatic rings. The summed E-state index contributed by atoms with van der Waals surface area (Å²) in [6.45, 7) is 1.75. The Labute approximate surface area is 66.1 Å². The lowest BCUT2D eigenvalue weighted by Crippen LogP contribution is -2.30. The van der Waals surface area contributed by atoms with Gasteiger partial charge in [0.15, 0.2) is 0 Å². The zero-order valence-corrected chi connectivity index (χ0v) is 7.59. The molecule has 1 aromatic heterocycles. The second kappa shape index (κ2) is 2.34. The Bertz CT molecular complexity index is 364. The molecule has 0 amide bonds. The number of nitrogens with zero attached hydrogens (tertiary/aromatic N) is 2. The van der Waals surface area contributed by atoms with Gasteiger partial charge in [0, 0.05) is 6.92 Å². The van der Waals surface area contributed by atoms with E-state index in [-0.39, 0.29) is 0 Å². The van der Waals surface area contributed by atoms with Crippen molar-refractivity contribution in [3.8, 4) is 0 Å². The molecule has 0 spiro atoms. The SMILES string of the molecule is Cc1n(S(C)(=O)=O)cc[n+]1C.